The minimum absolute atomic E-state index is 0.0181. The van der Waals surface area contributed by atoms with E-state index in [1.165, 1.54) is 11.1 Å². The first-order chi connectivity index (χ1) is 10.7. The molecule has 0 saturated carbocycles. The van der Waals surface area contributed by atoms with Crippen molar-refractivity contribution in [3.05, 3.63) is 35.4 Å². The summed E-state index contributed by atoms with van der Waals surface area (Å²) in [5, 5.41) is 6.17. The molecule has 22 heavy (non-hydrogen) atoms. The molecule has 2 N–H and O–H groups in total. The molecule has 0 bridgehead atoms. The van der Waals surface area contributed by atoms with E-state index in [4.69, 9.17) is 0 Å². The van der Waals surface area contributed by atoms with Gasteiger partial charge in [0.25, 0.3) is 0 Å². The number of nitrogens with one attached hydrogen (secondary N) is 2. The number of hydrogen-bond acceptors (Lipinski definition) is 3. The van der Waals surface area contributed by atoms with Crippen molar-refractivity contribution in [3.63, 3.8) is 0 Å². The Balaban J connectivity index is 1.89. The minimum atomic E-state index is 0.0181. The van der Waals surface area contributed by atoms with Crippen LogP contribution in [0.15, 0.2) is 24.3 Å². The molecule has 122 valence electrons. The lowest BCUT2D eigenvalue weighted by atomic mass is 9.98. The molecule has 2 rings (SSSR count). The lowest BCUT2D eigenvalue weighted by molar-refractivity contribution is -0.124. The molecule has 0 radical (unpaired) electrons. The molecular weight excluding hydrogens is 274 g/mol. The van der Waals surface area contributed by atoms with Crippen LogP contribution in [-0.4, -0.2) is 43.5 Å². The number of fused-ring (bicyclic) bond motifs is 1. The van der Waals surface area contributed by atoms with Gasteiger partial charge in [0.1, 0.15) is 0 Å². The van der Waals surface area contributed by atoms with Gasteiger partial charge in [-0.3, -0.25) is 9.69 Å². The number of rotatable bonds is 7. The van der Waals surface area contributed by atoms with E-state index in [1.54, 1.807) is 0 Å². The quantitative estimate of drug-likeness (QED) is 0.807. The van der Waals surface area contributed by atoms with Gasteiger partial charge >= 0.3 is 0 Å². The van der Waals surface area contributed by atoms with E-state index in [9.17, 15) is 4.79 Å². The molecule has 1 aromatic carbocycles. The van der Waals surface area contributed by atoms with E-state index >= 15 is 0 Å². The smallest absolute Gasteiger partial charge is 0.224 e. The topological polar surface area (TPSA) is 44.4 Å². The number of carbonyl (C=O) groups is 1. The zero-order valence-electron chi connectivity index (χ0n) is 14.1. The maximum absolute atomic E-state index is 12.1. The summed E-state index contributed by atoms with van der Waals surface area (Å²) in [6, 6.07) is 9.11. The largest absolute Gasteiger partial charge is 0.354 e. The van der Waals surface area contributed by atoms with Crippen molar-refractivity contribution >= 4 is 5.91 Å². The van der Waals surface area contributed by atoms with Crippen molar-refractivity contribution in [3.8, 4) is 0 Å². The van der Waals surface area contributed by atoms with Crippen LogP contribution in [0.3, 0.4) is 0 Å². The summed E-state index contributed by atoms with van der Waals surface area (Å²) in [7, 11) is 1.88. The zero-order chi connectivity index (χ0) is 15.9. The monoisotopic (exact) mass is 303 g/mol. The summed E-state index contributed by atoms with van der Waals surface area (Å²) in [6.07, 6.45) is 2.17. The number of nitrogens with zero attached hydrogens (tertiary/aromatic N) is 1. The van der Waals surface area contributed by atoms with Crippen LogP contribution in [0.2, 0.25) is 0 Å². The molecule has 1 aromatic rings. The molecule has 1 aliphatic rings. The van der Waals surface area contributed by atoms with Crippen LogP contribution in [0.25, 0.3) is 0 Å². The number of carbonyl (C=O) groups excluding carboxylic acids is 1. The fraction of sp³-hybridized carbons (Fsp3) is 0.611. The molecule has 0 spiro atoms. The molecule has 1 heterocycles. The first-order valence-electron chi connectivity index (χ1n) is 8.38. The van der Waals surface area contributed by atoms with E-state index in [2.05, 4.69) is 46.7 Å². The Bertz CT molecular complexity index is 489. The molecule has 1 amide bonds. The lowest BCUT2D eigenvalue weighted by Crippen LogP contribution is -2.47. The van der Waals surface area contributed by atoms with Crippen LogP contribution >= 0.6 is 0 Å². The Morgan fingerprint density at radius 3 is 2.68 bits per heavy atom. The van der Waals surface area contributed by atoms with Crippen LogP contribution in [0.5, 0.6) is 0 Å². The summed E-state index contributed by atoms with van der Waals surface area (Å²) >= 11 is 0. The fourth-order valence-corrected chi connectivity index (χ4v) is 3.15. The number of amides is 1. The lowest BCUT2D eigenvalue weighted by Gasteiger charge is -2.35. The van der Waals surface area contributed by atoms with Crippen LogP contribution in [0, 0.1) is 5.92 Å². The second kappa shape index (κ2) is 8.30. The summed E-state index contributed by atoms with van der Waals surface area (Å²) in [4.78, 5) is 14.6. The van der Waals surface area contributed by atoms with Crippen LogP contribution < -0.4 is 10.6 Å². The summed E-state index contributed by atoms with van der Waals surface area (Å²) < 4.78 is 0. The van der Waals surface area contributed by atoms with E-state index in [0.29, 0.717) is 6.04 Å². The fourth-order valence-electron chi connectivity index (χ4n) is 3.15. The molecule has 2 atom stereocenters. The molecule has 0 aromatic heterocycles. The van der Waals surface area contributed by atoms with Gasteiger partial charge in [-0.1, -0.05) is 38.1 Å². The maximum Gasteiger partial charge on any atom is 0.224 e. The SMILES string of the molecule is CCC(CNC(=O)C(C)CNC)N1CCc2ccccc2C1. The van der Waals surface area contributed by atoms with E-state index in [-0.39, 0.29) is 11.8 Å². The summed E-state index contributed by atoms with van der Waals surface area (Å²) in [5.74, 6) is 0.162. The zero-order valence-corrected chi connectivity index (χ0v) is 14.1. The van der Waals surface area contributed by atoms with Gasteiger partial charge in [0, 0.05) is 38.1 Å². The van der Waals surface area contributed by atoms with E-state index < -0.39 is 0 Å². The van der Waals surface area contributed by atoms with E-state index in [0.717, 1.165) is 39.0 Å². The van der Waals surface area contributed by atoms with Gasteiger partial charge in [-0.2, -0.15) is 0 Å². The maximum atomic E-state index is 12.1. The highest BCUT2D eigenvalue weighted by atomic mass is 16.1. The van der Waals surface area contributed by atoms with Crippen molar-refractivity contribution < 1.29 is 4.79 Å². The van der Waals surface area contributed by atoms with Crippen molar-refractivity contribution in [1.82, 2.24) is 15.5 Å². The van der Waals surface area contributed by atoms with Gasteiger partial charge in [-0.25, -0.2) is 0 Å². The Morgan fingerprint density at radius 2 is 2.00 bits per heavy atom. The highest BCUT2D eigenvalue weighted by Gasteiger charge is 2.23. The van der Waals surface area contributed by atoms with Crippen molar-refractivity contribution in [1.29, 1.82) is 0 Å². The Kier molecular flexibility index (Phi) is 6.40. The third-order valence-electron chi connectivity index (χ3n) is 4.62. The van der Waals surface area contributed by atoms with Gasteiger partial charge in [0.05, 0.1) is 0 Å². The average molecular weight is 303 g/mol. The second-order valence-electron chi connectivity index (χ2n) is 6.26. The molecule has 0 aliphatic carbocycles. The standard InChI is InChI=1S/C18H29N3O/c1-4-17(12-20-18(22)14(2)11-19-3)21-10-9-15-7-5-6-8-16(15)13-21/h5-8,14,17,19H,4,9-13H2,1-3H3,(H,20,22). The summed E-state index contributed by atoms with van der Waals surface area (Å²) in [6.45, 7) is 7.71. The van der Waals surface area contributed by atoms with Crippen molar-refractivity contribution in [2.45, 2.75) is 39.3 Å². The molecule has 4 heteroatoms. The predicted molar refractivity (Wildman–Crippen MR) is 90.7 cm³/mol. The molecule has 0 fully saturated rings. The Labute approximate surface area is 134 Å². The van der Waals surface area contributed by atoms with E-state index in [1.807, 2.05) is 14.0 Å². The van der Waals surface area contributed by atoms with Gasteiger partial charge < -0.3 is 10.6 Å². The third kappa shape index (κ3) is 4.31. The molecule has 0 saturated heterocycles. The predicted octanol–water partition coefficient (Wildman–Crippen LogP) is 1.80. The van der Waals surface area contributed by atoms with Crippen molar-refractivity contribution in [2.75, 3.05) is 26.7 Å². The highest BCUT2D eigenvalue weighted by molar-refractivity contribution is 5.78. The highest BCUT2D eigenvalue weighted by Crippen LogP contribution is 2.21. The third-order valence-corrected chi connectivity index (χ3v) is 4.62. The van der Waals surface area contributed by atoms with Gasteiger partial charge in [-0.05, 0) is 31.0 Å². The Morgan fingerprint density at radius 1 is 1.27 bits per heavy atom. The number of hydrogen-bond donors (Lipinski definition) is 2. The second-order valence-corrected chi connectivity index (χ2v) is 6.26. The minimum Gasteiger partial charge on any atom is -0.354 e. The van der Waals surface area contributed by atoms with Gasteiger partial charge in [-0.15, -0.1) is 0 Å². The van der Waals surface area contributed by atoms with Gasteiger partial charge in [0.2, 0.25) is 5.91 Å². The normalized spacial score (nSPS) is 17.6. The number of benzene rings is 1. The molecule has 1 aliphatic heterocycles. The first kappa shape index (κ1) is 17.0. The molecular formula is C18H29N3O. The van der Waals surface area contributed by atoms with Crippen LogP contribution in [0.1, 0.15) is 31.4 Å². The molecule has 4 nitrogen and oxygen atoms in total. The first-order valence-corrected chi connectivity index (χ1v) is 8.38. The molecule has 2 unspecified atom stereocenters. The van der Waals surface area contributed by atoms with Crippen molar-refractivity contribution in [2.24, 2.45) is 5.92 Å². The van der Waals surface area contributed by atoms with Crippen LogP contribution in [0.4, 0.5) is 0 Å². The van der Waals surface area contributed by atoms with Crippen LogP contribution in [-0.2, 0) is 17.8 Å². The Hall–Kier alpha value is -1.39. The summed E-state index contributed by atoms with van der Waals surface area (Å²) in [5.41, 5.74) is 2.90. The van der Waals surface area contributed by atoms with Gasteiger partial charge in [0.15, 0.2) is 0 Å². The average Bonchev–Trinajstić information content (AvgIpc) is 2.55.